The molecule has 2 aromatic carbocycles. The van der Waals surface area contributed by atoms with Crippen molar-refractivity contribution >= 4 is 57.4 Å². The average Bonchev–Trinajstić information content (AvgIpc) is 2.61. The lowest BCUT2D eigenvalue weighted by Gasteiger charge is -2.12. The number of carbonyl (C=O) groups excluding carboxylic acids is 2. The van der Waals surface area contributed by atoms with Gasteiger partial charge < -0.3 is 15.4 Å². The largest absolute Gasteiger partial charge is 0.496 e. The first-order chi connectivity index (χ1) is 12.8. The molecule has 0 radical (unpaired) electrons. The monoisotopic (exact) mass is 497 g/mol. The minimum Gasteiger partial charge on any atom is -0.496 e. The topological polar surface area (TPSA) is 79.5 Å². The van der Waals surface area contributed by atoms with Crippen LogP contribution in [0.5, 0.6) is 5.75 Å². The second-order valence-corrected chi connectivity index (χ2v) is 7.54. The fraction of sp³-hybridized carbons (Fsp3) is 0.211. The maximum Gasteiger partial charge on any atom is 0.257 e. The Morgan fingerprint density at radius 2 is 1.78 bits per heavy atom. The molecule has 0 unspecified atom stereocenters. The first kappa shape index (κ1) is 21.1. The third kappa shape index (κ3) is 6.17. The summed E-state index contributed by atoms with van der Waals surface area (Å²) in [7, 11) is 1.58. The van der Waals surface area contributed by atoms with Gasteiger partial charge in [-0.2, -0.15) is 0 Å². The third-order valence-electron chi connectivity index (χ3n) is 3.44. The van der Waals surface area contributed by atoms with Crippen molar-refractivity contribution in [3.05, 3.63) is 57.2 Å². The highest BCUT2D eigenvalue weighted by Gasteiger charge is 2.12. The van der Waals surface area contributed by atoms with E-state index in [-0.39, 0.29) is 23.0 Å². The lowest BCUT2D eigenvalue weighted by Crippen LogP contribution is -2.34. The van der Waals surface area contributed by atoms with Gasteiger partial charge in [0.05, 0.1) is 10.7 Å². The molecule has 2 amide bonds. The first-order valence-corrected chi connectivity index (χ1v) is 9.65. The summed E-state index contributed by atoms with van der Waals surface area (Å²) >= 11 is 7.30. The van der Waals surface area contributed by atoms with E-state index in [2.05, 4.69) is 38.5 Å². The Morgan fingerprint density at radius 3 is 2.41 bits per heavy atom. The molecule has 0 aliphatic heterocycles. The molecule has 142 valence electrons. The zero-order valence-corrected chi connectivity index (χ0v) is 18.1. The van der Waals surface area contributed by atoms with Gasteiger partial charge in [0.25, 0.3) is 11.8 Å². The minimum absolute atomic E-state index is 0.0433. The summed E-state index contributed by atoms with van der Waals surface area (Å²) in [6, 6.07) is 12.0. The fourth-order valence-corrected chi connectivity index (χ4v) is 3.17. The Morgan fingerprint density at radius 1 is 1.07 bits per heavy atom. The van der Waals surface area contributed by atoms with Crippen molar-refractivity contribution in [1.29, 1.82) is 0 Å². The van der Waals surface area contributed by atoms with Gasteiger partial charge in [-0.25, -0.2) is 0 Å². The predicted octanol–water partition coefficient (Wildman–Crippen LogP) is 3.56. The molecule has 27 heavy (non-hydrogen) atoms. The number of nitrogens with one attached hydrogen (secondary N) is 3. The molecule has 0 atom stereocenters. The van der Waals surface area contributed by atoms with Gasteiger partial charge in [0.15, 0.2) is 5.11 Å². The number of rotatable bonds is 5. The SMILES string of the molecule is COc1ccc(C(=O)NC(=S)Nc2cccc(C(=O)NC(C)C)c2)cc1I. The van der Waals surface area contributed by atoms with Crippen molar-refractivity contribution in [2.24, 2.45) is 0 Å². The Hall–Kier alpha value is -2.20. The summed E-state index contributed by atoms with van der Waals surface area (Å²) in [5.41, 5.74) is 1.59. The molecular formula is C19H20IN3O3S. The van der Waals surface area contributed by atoms with E-state index < -0.39 is 0 Å². The Balaban J connectivity index is 2.02. The average molecular weight is 497 g/mol. The second-order valence-electron chi connectivity index (χ2n) is 5.97. The summed E-state index contributed by atoms with van der Waals surface area (Å²) < 4.78 is 6.01. The third-order valence-corrected chi connectivity index (χ3v) is 4.49. The van der Waals surface area contributed by atoms with Gasteiger partial charge in [-0.15, -0.1) is 0 Å². The van der Waals surface area contributed by atoms with Crippen LogP contribution < -0.4 is 20.7 Å². The summed E-state index contributed by atoms with van der Waals surface area (Å²) in [6.45, 7) is 3.79. The summed E-state index contributed by atoms with van der Waals surface area (Å²) in [6.07, 6.45) is 0. The smallest absolute Gasteiger partial charge is 0.257 e. The molecule has 0 fully saturated rings. The fourth-order valence-electron chi connectivity index (χ4n) is 2.23. The van der Waals surface area contributed by atoms with E-state index in [0.29, 0.717) is 22.6 Å². The highest BCUT2D eigenvalue weighted by Crippen LogP contribution is 2.21. The molecule has 2 aromatic rings. The Labute approximate surface area is 177 Å². The standard InChI is InChI=1S/C19H20IN3O3S/c1-11(2)21-17(24)12-5-4-6-14(9-12)22-19(27)23-18(25)13-7-8-16(26-3)15(20)10-13/h4-11H,1-3H3,(H,21,24)(H2,22,23,25,27). The number of ether oxygens (including phenoxy) is 1. The number of carbonyl (C=O) groups is 2. The molecule has 0 bridgehead atoms. The number of hydrogen-bond acceptors (Lipinski definition) is 4. The van der Waals surface area contributed by atoms with Crippen LogP contribution in [0.1, 0.15) is 34.6 Å². The molecule has 3 N–H and O–H groups in total. The van der Waals surface area contributed by atoms with Crippen molar-refractivity contribution in [3.8, 4) is 5.75 Å². The molecule has 8 heteroatoms. The number of halogens is 1. The van der Waals surface area contributed by atoms with Crippen LogP contribution in [0, 0.1) is 3.57 Å². The van der Waals surface area contributed by atoms with Crippen molar-refractivity contribution in [2.45, 2.75) is 19.9 Å². The van der Waals surface area contributed by atoms with E-state index >= 15 is 0 Å². The molecule has 0 saturated carbocycles. The molecule has 0 aromatic heterocycles. The molecule has 0 aliphatic rings. The van der Waals surface area contributed by atoms with Crippen molar-refractivity contribution < 1.29 is 14.3 Å². The summed E-state index contributed by atoms with van der Waals surface area (Å²) in [5.74, 6) is 0.197. The van der Waals surface area contributed by atoms with Crippen molar-refractivity contribution in [2.75, 3.05) is 12.4 Å². The molecule has 6 nitrogen and oxygen atoms in total. The van der Waals surface area contributed by atoms with E-state index in [4.69, 9.17) is 17.0 Å². The van der Waals surface area contributed by atoms with Gasteiger partial charge in [0, 0.05) is 22.9 Å². The zero-order chi connectivity index (χ0) is 20.0. The number of anilines is 1. The van der Waals surface area contributed by atoms with Crippen molar-refractivity contribution in [1.82, 2.24) is 10.6 Å². The molecule has 0 aliphatic carbocycles. The molecule has 0 heterocycles. The normalized spacial score (nSPS) is 10.3. The highest BCUT2D eigenvalue weighted by molar-refractivity contribution is 14.1. The molecular weight excluding hydrogens is 477 g/mol. The highest BCUT2D eigenvalue weighted by atomic mass is 127. The second kappa shape index (κ2) is 9.65. The number of hydrogen-bond donors (Lipinski definition) is 3. The summed E-state index contributed by atoms with van der Waals surface area (Å²) in [4.78, 5) is 24.4. The van der Waals surface area contributed by atoms with Crippen LogP contribution in [0.25, 0.3) is 0 Å². The van der Waals surface area contributed by atoms with E-state index in [1.54, 1.807) is 49.6 Å². The van der Waals surface area contributed by atoms with E-state index in [0.717, 1.165) is 3.57 Å². The lowest BCUT2D eigenvalue weighted by atomic mass is 10.2. The van der Waals surface area contributed by atoms with Crippen LogP contribution in [-0.4, -0.2) is 30.1 Å². The maximum atomic E-state index is 12.3. The van der Waals surface area contributed by atoms with E-state index in [1.165, 1.54) is 0 Å². The molecule has 2 rings (SSSR count). The zero-order valence-electron chi connectivity index (χ0n) is 15.1. The minimum atomic E-state index is -0.332. The maximum absolute atomic E-state index is 12.3. The number of thiocarbonyl (C=S) groups is 1. The van der Waals surface area contributed by atoms with Crippen LogP contribution in [0.15, 0.2) is 42.5 Å². The van der Waals surface area contributed by atoms with Gasteiger partial charge in [0.1, 0.15) is 5.75 Å². The number of benzene rings is 2. The van der Waals surface area contributed by atoms with E-state index in [1.807, 2.05) is 13.8 Å². The van der Waals surface area contributed by atoms with Gasteiger partial charge in [-0.05, 0) is 85.1 Å². The van der Waals surface area contributed by atoms with Crippen LogP contribution >= 0.6 is 34.8 Å². The van der Waals surface area contributed by atoms with Crippen molar-refractivity contribution in [3.63, 3.8) is 0 Å². The molecule has 0 spiro atoms. The van der Waals surface area contributed by atoms with Crippen LogP contribution in [0.2, 0.25) is 0 Å². The predicted molar refractivity (Wildman–Crippen MR) is 118 cm³/mol. The van der Waals surface area contributed by atoms with Gasteiger partial charge in [-0.3, -0.25) is 14.9 Å². The van der Waals surface area contributed by atoms with E-state index in [9.17, 15) is 9.59 Å². The van der Waals surface area contributed by atoms with Crippen LogP contribution in [0.4, 0.5) is 5.69 Å². The van der Waals surface area contributed by atoms with Crippen LogP contribution in [0.3, 0.4) is 0 Å². The van der Waals surface area contributed by atoms with Gasteiger partial charge >= 0.3 is 0 Å². The quantitative estimate of drug-likeness (QED) is 0.435. The lowest BCUT2D eigenvalue weighted by molar-refractivity contribution is 0.0941. The summed E-state index contributed by atoms with van der Waals surface area (Å²) in [5, 5.41) is 8.52. The van der Waals surface area contributed by atoms with Crippen LogP contribution in [-0.2, 0) is 0 Å². The van der Waals surface area contributed by atoms with Gasteiger partial charge in [-0.1, -0.05) is 6.07 Å². The Kier molecular flexibility index (Phi) is 7.55. The first-order valence-electron chi connectivity index (χ1n) is 8.17. The number of amides is 2. The Bertz CT molecular complexity index is 871. The molecule has 0 saturated heterocycles. The van der Waals surface area contributed by atoms with Gasteiger partial charge in [0.2, 0.25) is 0 Å². The number of methoxy groups -OCH3 is 1.